The lowest BCUT2D eigenvalue weighted by atomic mass is 10.1. The van der Waals surface area contributed by atoms with E-state index in [4.69, 9.17) is 19.9 Å². The van der Waals surface area contributed by atoms with Gasteiger partial charge in [0.15, 0.2) is 0 Å². The zero-order valence-electron chi connectivity index (χ0n) is 15.9. The van der Waals surface area contributed by atoms with E-state index in [0.717, 1.165) is 6.07 Å². The molecule has 0 unspecified atom stereocenters. The van der Waals surface area contributed by atoms with Crippen molar-refractivity contribution in [1.29, 1.82) is 0 Å². The van der Waals surface area contributed by atoms with Gasteiger partial charge in [-0.15, -0.1) is 0 Å². The third-order valence-electron chi connectivity index (χ3n) is 4.16. The van der Waals surface area contributed by atoms with Crippen molar-refractivity contribution < 1.29 is 32.5 Å². The van der Waals surface area contributed by atoms with Gasteiger partial charge in [-0.1, -0.05) is 0 Å². The number of carboxylic acids is 1. The van der Waals surface area contributed by atoms with Gasteiger partial charge in [-0.05, 0) is 24.6 Å². The summed E-state index contributed by atoms with van der Waals surface area (Å²) in [6.07, 6.45) is 0. The molecule has 0 radical (unpaired) electrons. The maximum atomic E-state index is 12.7. The van der Waals surface area contributed by atoms with Gasteiger partial charge in [0.05, 0.1) is 37.4 Å². The molecule has 152 valence electrons. The van der Waals surface area contributed by atoms with Crippen LogP contribution in [-0.2, 0) is 16.6 Å². The fourth-order valence-corrected chi connectivity index (χ4v) is 3.71. The first-order valence-corrected chi connectivity index (χ1v) is 9.54. The van der Waals surface area contributed by atoms with Crippen molar-refractivity contribution in [1.82, 2.24) is 4.72 Å². The third kappa shape index (κ3) is 4.29. The van der Waals surface area contributed by atoms with E-state index < -0.39 is 16.0 Å². The molecular formula is C18H22N2O7S. The Labute approximate surface area is 163 Å². The largest absolute Gasteiger partial charge is 0.496 e. The molecule has 0 aliphatic rings. The summed E-state index contributed by atoms with van der Waals surface area (Å²) in [4.78, 5) is 11.1. The molecule has 4 N–H and O–H groups in total. The van der Waals surface area contributed by atoms with E-state index in [1.54, 1.807) is 12.1 Å². The number of ether oxygens (including phenoxy) is 3. The highest BCUT2D eigenvalue weighted by molar-refractivity contribution is 7.89. The number of sulfonamides is 1. The first-order chi connectivity index (χ1) is 13.1. The summed E-state index contributed by atoms with van der Waals surface area (Å²) in [7, 11) is 0.334. The monoisotopic (exact) mass is 410 g/mol. The van der Waals surface area contributed by atoms with E-state index >= 15 is 0 Å². The average Bonchev–Trinajstić information content (AvgIpc) is 2.67. The molecule has 9 nitrogen and oxygen atoms in total. The predicted molar refractivity (Wildman–Crippen MR) is 103 cm³/mol. The Balaban J connectivity index is 2.41. The van der Waals surface area contributed by atoms with Crippen LogP contribution in [0.3, 0.4) is 0 Å². The Kier molecular flexibility index (Phi) is 6.37. The summed E-state index contributed by atoms with van der Waals surface area (Å²) in [5.41, 5.74) is 6.27. The van der Waals surface area contributed by atoms with Crippen molar-refractivity contribution in [2.75, 3.05) is 27.1 Å². The first-order valence-electron chi connectivity index (χ1n) is 8.06. The van der Waals surface area contributed by atoms with Crippen LogP contribution in [0.5, 0.6) is 17.2 Å². The zero-order chi connectivity index (χ0) is 21.1. The van der Waals surface area contributed by atoms with E-state index in [1.807, 2.05) is 0 Å². The Bertz CT molecular complexity index is 978. The van der Waals surface area contributed by atoms with Gasteiger partial charge in [-0.2, -0.15) is 0 Å². The highest BCUT2D eigenvalue weighted by Gasteiger charge is 2.22. The van der Waals surface area contributed by atoms with Crippen molar-refractivity contribution in [3.8, 4) is 17.2 Å². The number of aromatic carboxylic acids is 1. The van der Waals surface area contributed by atoms with Gasteiger partial charge < -0.3 is 25.1 Å². The lowest BCUT2D eigenvalue weighted by molar-refractivity contribution is 0.0697. The van der Waals surface area contributed by atoms with Crippen molar-refractivity contribution in [3.63, 3.8) is 0 Å². The van der Waals surface area contributed by atoms with Crippen molar-refractivity contribution in [3.05, 3.63) is 41.0 Å². The second-order valence-corrected chi connectivity index (χ2v) is 7.61. The number of benzene rings is 2. The molecule has 0 heterocycles. The predicted octanol–water partition coefficient (Wildman–Crippen LogP) is 1.78. The number of nitrogens with two attached hydrogens (primary N) is 1. The molecule has 0 bridgehead atoms. The summed E-state index contributed by atoms with van der Waals surface area (Å²) in [6, 6.07) is 5.53. The van der Waals surface area contributed by atoms with Crippen LogP contribution >= 0.6 is 0 Å². The fraction of sp³-hybridized carbons (Fsp3) is 0.278. The van der Waals surface area contributed by atoms with Crippen LogP contribution in [0.25, 0.3) is 0 Å². The molecule has 0 aliphatic heterocycles. The van der Waals surface area contributed by atoms with Gasteiger partial charge in [0, 0.05) is 24.4 Å². The van der Waals surface area contributed by atoms with E-state index in [1.165, 1.54) is 34.3 Å². The normalized spacial score (nSPS) is 11.1. The lowest BCUT2D eigenvalue weighted by Crippen LogP contribution is -2.24. The van der Waals surface area contributed by atoms with Gasteiger partial charge in [0.2, 0.25) is 10.0 Å². The summed E-state index contributed by atoms with van der Waals surface area (Å²) in [6.45, 7) is 1.39. The van der Waals surface area contributed by atoms with Crippen LogP contribution in [0.4, 0.5) is 5.69 Å². The summed E-state index contributed by atoms with van der Waals surface area (Å²) in [5, 5.41) is 9.23. The summed E-state index contributed by atoms with van der Waals surface area (Å²) in [5.74, 6) is -0.0751. The quantitative estimate of drug-likeness (QED) is 0.560. The minimum absolute atomic E-state index is 0.0185. The van der Waals surface area contributed by atoms with Crippen molar-refractivity contribution in [2.45, 2.75) is 18.4 Å². The standard InChI is InChI=1S/C18H22N2O7S/c1-10-5-12(8-13(17(10)19)18(21)22)28(23,24)20-9-14-15(26-3)6-11(25-2)7-16(14)27-4/h5-8,20H,9,19H2,1-4H3,(H,21,22). The van der Waals surface area contributed by atoms with Crippen molar-refractivity contribution >= 4 is 21.7 Å². The number of nitrogen functional groups attached to an aromatic ring is 1. The lowest BCUT2D eigenvalue weighted by Gasteiger charge is -2.16. The molecule has 0 amide bonds. The van der Waals surface area contributed by atoms with Gasteiger partial charge in [0.25, 0.3) is 0 Å². The number of hydrogen-bond donors (Lipinski definition) is 3. The number of nitrogens with one attached hydrogen (secondary N) is 1. The molecule has 0 fully saturated rings. The van der Waals surface area contributed by atoms with E-state index in [0.29, 0.717) is 28.4 Å². The Morgan fingerprint density at radius 1 is 1.07 bits per heavy atom. The molecule has 2 aromatic rings. The molecule has 0 aliphatic carbocycles. The Hall–Kier alpha value is -2.98. The molecule has 28 heavy (non-hydrogen) atoms. The van der Waals surface area contributed by atoms with Gasteiger partial charge in [-0.25, -0.2) is 17.9 Å². The highest BCUT2D eigenvalue weighted by atomic mass is 32.2. The summed E-state index contributed by atoms with van der Waals surface area (Å²) >= 11 is 0. The second-order valence-electron chi connectivity index (χ2n) is 5.84. The topological polar surface area (TPSA) is 137 Å². The zero-order valence-corrected chi connectivity index (χ0v) is 16.7. The smallest absolute Gasteiger partial charge is 0.337 e. The molecule has 0 saturated heterocycles. The number of aryl methyl sites for hydroxylation is 1. The van der Waals surface area contributed by atoms with E-state index in [-0.39, 0.29) is 22.7 Å². The molecule has 0 spiro atoms. The van der Waals surface area contributed by atoms with E-state index in [2.05, 4.69) is 4.72 Å². The summed E-state index contributed by atoms with van der Waals surface area (Å²) < 4.78 is 43.6. The minimum Gasteiger partial charge on any atom is -0.496 e. The van der Waals surface area contributed by atoms with Crippen LogP contribution in [0.2, 0.25) is 0 Å². The Morgan fingerprint density at radius 3 is 2.11 bits per heavy atom. The Morgan fingerprint density at radius 2 is 1.64 bits per heavy atom. The average molecular weight is 410 g/mol. The number of carboxylic acid groups (broad SMARTS) is 1. The first kappa shape index (κ1) is 21.3. The van der Waals surface area contributed by atoms with E-state index in [9.17, 15) is 18.3 Å². The van der Waals surface area contributed by atoms with Gasteiger partial charge in [0.1, 0.15) is 17.2 Å². The molecule has 2 aromatic carbocycles. The van der Waals surface area contributed by atoms with Gasteiger partial charge >= 0.3 is 5.97 Å². The van der Waals surface area contributed by atoms with Crippen molar-refractivity contribution in [2.24, 2.45) is 0 Å². The van der Waals surface area contributed by atoms with Crippen LogP contribution in [0.15, 0.2) is 29.2 Å². The van der Waals surface area contributed by atoms with Crippen LogP contribution in [0, 0.1) is 6.92 Å². The number of rotatable bonds is 8. The van der Waals surface area contributed by atoms with Crippen LogP contribution in [0.1, 0.15) is 21.5 Å². The maximum absolute atomic E-state index is 12.7. The fourth-order valence-electron chi connectivity index (χ4n) is 2.60. The maximum Gasteiger partial charge on any atom is 0.337 e. The molecular weight excluding hydrogens is 388 g/mol. The SMILES string of the molecule is COc1cc(OC)c(CNS(=O)(=O)c2cc(C)c(N)c(C(=O)O)c2)c(OC)c1. The van der Waals surface area contributed by atoms with Crippen LogP contribution < -0.4 is 24.7 Å². The van der Waals surface area contributed by atoms with Gasteiger partial charge in [-0.3, -0.25) is 0 Å². The molecule has 0 saturated carbocycles. The molecule has 0 aromatic heterocycles. The number of methoxy groups -OCH3 is 3. The number of anilines is 1. The molecule has 0 atom stereocenters. The number of carbonyl (C=O) groups is 1. The van der Waals surface area contributed by atoms with Crippen LogP contribution in [-0.4, -0.2) is 40.8 Å². The molecule has 10 heteroatoms. The number of hydrogen-bond acceptors (Lipinski definition) is 7. The third-order valence-corrected chi connectivity index (χ3v) is 5.54. The minimum atomic E-state index is -4.03. The highest BCUT2D eigenvalue weighted by Crippen LogP contribution is 2.34. The second kappa shape index (κ2) is 8.36. The molecule has 2 rings (SSSR count).